The second kappa shape index (κ2) is 6.40. The van der Waals surface area contributed by atoms with E-state index in [2.05, 4.69) is 29.1 Å². The average molecular weight is 294 g/mol. The van der Waals surface area contributed by atoms with Crippen molar-refractivity contribution in [1.82, 2.24) is 9.78 Å². The van der Waals surface area contributed by atoms with Crippen molar-refractivity contribution in [2.75, 3.05) is 6.61 Å². The minimum absolute atomic E-state index is 0.106. The Hall–Kier alpha value is -2.35. The molecule has 0 aliphatic rings. The molecule has 3 aromatic rings. The van der Waals surface area contributed by atoms with Gasteiger partial charge in [-0.1, -0.05) is 42.2 Å². The molecule has 0 atom stereocenters. The topological polar surface area (TPSA) is 38.0 Å². The molecule has 0 amide bonds. The van der Waals surface area contributed by atoms with Crippen LogP contribution in [0.15, 0.2) is 54.2 Å². The van der Waals surface area contributed by atoms with Gasteiger partial charge in [-0.25, -0.2) is 0 Å². The van der Waals surface area contributed by atoms with Crippen LogP contribution in [0.2, 0.25) is 0 Å². The molecule has 1 aromatic carbocycles. The van der Waals surface area contributed by atoms with Gasteiger partial charge in [-0.3, -0.25) is 4.68 Å². The third-order valence-electron chi connectivity index (χ3n) is 3.02. The van der Waals surface area contributed by atoms with Crippen molar-refractivity contribution in [2.24, 2.45) is 0 Å². The Bertz CT molecular complexity index is 778. The van der Waals surface area contributed by atoms with Crippen LogP contribution in [0.5, 0.6) is 0 Å². The molecule has 0 bridgehead atoms. The van der Waals surface area contributed by atoms with E-state index in [9.17, 15) is 0 Å². The highest BCUT2D eigenvalue weighted by atomic mass is 32.1. The van der Waals surface area contributed by atoms with Crippen LogP contribution in [-0.2, 0) is 6.54 Å². The molecule has 3 nitrogen and oxygen atoms in total. The van der Waals surface area contributed by atoms with Crippen LogP contribution in [0, 0.1) is 11.8 Å². The van der Waals surface area contributed by atoms with E-state index in [-0.39, 0.29) is 6.61 Å². The van der Waals surface area contributed by atoms with Gasteiger partial charge in [0.2, 0.25) is 0 Å². The summed E-state index contributed by atoms with van der Waals surface area (Å²) in [6.45, 7) is 0.628. The summed E-state index contributed by atoms with van der Waals surface area (Å²) < 4.78 is 1.93. The first kappa shape index (κ1) is 13.6. The number of nitrogens with zero attached hydrogens (tertiary/aromatic N) is 2. The highest BCUT2D eigenvalue weighted by Crippen LogP contribution is 2.19. The first-order chi connectivity index (χ1) is 10.3. The third kappa shape index (κ3) is 3.40. The summed E-state index contributed by atoms with van der Waals surface area (Å²) in [6, 6.07) is 12.3. The largest absolute Gasteiger partial charge is 0.384 e. The second-order valence-electron chi connectivity index (χ2n) is 4.55. The predicted octanol–water partition coefficient (Wildman–Crippen LogP) is 3.00. The first-order valence-electron chi connectivity index (χ1n) is 6.60. The minimum Gasteiger partial charge on any atom is -0.384 e. The van der Waals surface area contributed by atoms with Gasteiger partial charge >= 0.3 is 0 Å². The maximum Gasteiger partial charge on any atom is 0.104 e. The van der Waals surface area contributed by atoms with Crippen LogP contribution >= 0.6 is 11.3 Å². The standard InChI is InChI=1S/C17H14N2OS/c20-8-4-5-14-9-17(21-13-14)12-19-11-16(10-18-19)15-6-2-1-3-7-15/h1-3,6-7,9-11,13,20H,8,12H2. The minimum atomic E-state index is -0.106. The Labute approximate surface area is 127 Å². The van der Waals surface area contributed by atoms with E-state index in [1.54, 1.807) is 11.3 Å². The fourth-order valence-corrected chi connectivity index (χ4v) is 2.87. The molecule has 2 aromatic heterocycles. The summed E-state index contributed by atoms with van der Waals surface area (Å²) in [6.07, 6.45) is 3.93. The van der Waals surface area contributed by atoms with Crippen molar-refractivity contribution in [1.29, 1.82) is 0 Å². The molecule has 0 saturated heterocycles. The molecule has 3 rings (SSSR count). The second-order valence-corrected chi connectivity index (χ2v) is 5.55. The molecule has 0 aliphatic carbocycles. The Kier molecular flexibility index (Phi) is 4.15. The first-order valence-corrected chi connectivity index (χ1v) is 7.48. The van der Waals surface area contributed by atoms with E-state index in [0.717, 1.165) is 17.7 Å². The Morgan fingerprint density at radius 1 is 1.19 bits per heavy atom. The van der Waals surface area contributed by atoms with Crippen molar-refractivity contribution >= 4 is 11.3 Å². The summed E-state index contributed by atoms with van der Waals surface area (Å²) in [4.78, 5) is 1.19. The van der Waals surface area contributed by atoms with E-state index in [1.807, 2.05) is 46.7 Å². The van der Waals surface area contributed by atoms with Crippen LogP contribution in [0.4, 0.5) is 0 Å². The van der Waals surface area contributed by atoms with Gasteiger partial charge in [0.05, 0.1) is 12.7 Å². The summed E-state index contributed by atoms with van der Waals surface area (Å²) >= 11 is 1.65. The number of hydrogen-bond donors (Lipinski definition) is 1. The van der Waals surface area contributed by atoms with Crippen LogP contribution in [0.1, 0.15) is 10.4 Å². The van der Waals surface area contributed by atoms with Gasteiger partial charge in [-0.05, 0) is 11.6 Å². The van der Waals surface area contributed by atoms with E-state index in [0.29, 0.717) is 0 Å². The van der Waals surface area contributed by atoms with E-state index >= 15 is 0 Å². The Balaban J connectivity index is 1.74. The molecule has 0 unspecified atom stereocenters. The number of aliphatic hydroxyl groups is 1. The van der Waals surface area contributed by atoms with Gasteiger partial charge < -0.3 is 5.11 Å². The molecule has 0 spiro atoms. The van der Waals surface area contributed by atoms with Crippen molar-refractivity contribution < 1.29 is 5.11 Å². The van der Waals surface area contributed by atoms with Gasteiger partial charge in [0, 0.05) is 27.6 Å². The summed E-state index contributed by atoms with van der Waals surface area (Å²) in [7, 11) is 0. The molecular weight excluding hydrogens is 280 g/mol. The highest BCUT2D eigenvalue weighted by molar-refractivity contribution is 7.10. The lowest BCUT2D eigenvalue weighted by molar-refractivity contribution is 0.350. The number of benzene rings is 1. The molecule has 0 saturated carbocycles. The van der Waals surface area contributed by atoms with Crippen LogP contribution < -0.4 is 0 Å². The highest BCUT2D eigenvalue weighted by Gasteiger charge is 2.03. The zero-order valence-corrected chi connectivity index (χ0v) is 12.2. The zero-order chi connectivity index (χ0) is 14.5. The van der Waals surface area contributed by atoms with Gasteiger partial charge in [-0.2, -0.15) is 5.10 Å². The zero-order valence-electron chi connectivity index (χ0n) is 11.4. The van der Waals surface area contributed by atoms with Crippen molar-refractivity contribution in [3.05, 3.63) is 64.6 Å². The Morgan fingerprint density at radius 2 is 2.05 bits per heavy atom. The van der Waals surface area contributed by atoms with Gasteiger partial charge in [0.25, 0.3) is 0 Å². The summed E-state index contributed by atoms with van der Waals surface area (Å²) in [5, 5.41) is 15.1. The fourth-order valence-electron chi connectivity index (χ4n) is 2.06. The van der Waals surface area contributed by atoms with Gasteiger partial charge in [0.1, 0.15) is 6.61 Å². The quantitative estimate of drug-likeness (QED) is 0.754. The SMILES string of the molecule is OCC#Cc1csc(Cn2cc(-c3ccccc3)cn2)c1. The maximum atomic E-state index is 8.70. The molecule has 21 heavy (non-hydrogen) atoms. The summed E-state index contributed by atoms with van der Waals surface area (Å²) in [5.41, 5.74) is 3.23. The molecule has 4 heteroatoms. The number of thiophene rings is 1. The predicted molar refractivity (Wildman–Crippen MR) is 85.0 cm³/mol. The molecule has 2 heterocycles. The summed E-state index contributed by atoms with van der Waals surface area (Å²) in [5.74, 6) is 5.57. The number of aliphatic hydroxyl groups excluding tert-OH is 1. The normalized spacial score (nSPS) is 10.1. The van der Waals surface area contributed by atoms with Crippen LogP contribution in [0.25, 0.3) is 11.1 Å². The molecule has 0 aliphatic heterocycles. The number of rotatable bonds is 3. The van der Waals surface area contributed by atoms with Gasteiger partial charge in [-0.15, -0.1) is 11.3 Å². The lowest BCUT2D eigenvalue weighted by Gasteiger charge is -1.97. The molecule has 1 N–H and O–H groups in total. The lowest BCUT2D eigenvalue weighted by Crippen LogP contribution is -1.97. The van der Waals surface area contributed by atoms with E-state index in [1.165, 1.54) is 10.4 Å². The van der Waals surface area contributed by atoms with E-state index < -0.39 is 0 Å². The van der Waals surface area contributed by atoms with Crippen molar-refractivity contribution in [2.45, 2.75) is 6.54 Å². The molecule has 104 valence electrons. The number of hydrogen-bond acceptors (Lipinski definition) is 3. The monoisotopic (exact) mass is 294 g/mol. The molecule has 0 fully saturated rings. The smallest absolute Gasteiger partial charge is 0.104 e. The maximum absolute atomic E-state index is 8.70. The fraction of sp³-hybridized carbons (Fsp3) is 0.118. The lowest BCUT2D eigenvalue weighted by atomic mass is 10.1. The number of aromatic nitrogens is 2. The third-order valence-corrected chi connectivity index (χ3v) is 3.95. The van der Waals surface area contributed by atoms with Crippen molar-refractivity contribution in [3.8, 4) is 23.0 Å². The molecule has 0 radical (unpaired) electrons. The molecular formula is C17H14N2OS. The van der Waals surface area contributed by atoms with Gasteiger partial charge in [0.15, 0.2) is 0 Å². The average Bonchev–Trinajstić information content (AvgIpc) is 3.16. The van der Waals surface area contributed by atoms with Crippen molar-refractivity contribution in [3.63, 3.8) is 0 Å². The Morgan fingerprint density at radius 3 is 2.86 bits per heavy atom. The van der Waals surface area contributed by atoms with E-state index in [4.69, 9.17) is 5.11 Å². The van der Waals surface area contributed by atoms with Crippen LogP contribution in [0.3, 0.4) is 0 Å². The van der Waals surface area contributed by atoms with Crippen LogP contribution in [-0.4, -0.2) is 21.5 Å².